The van der Waals surface area contributed by atoms with Gasteiger partial charge in [0.05, 0.1) is 10.5 Å². The van der Waals surface area contributed by atoms with Gasteiger partial charge in [-0.25, -0.2) is 4.39 Å². The van der Waals surface area contributed by atoms with Crippen molar-refractivity contribution in [3.8, 4) is 11.1 Å². The van der Waals surface area contributed by atoms with Crippen LogP contribution in [0.3, 0.4) is 0 Å². The van der Waals surface area contributed by atoms with Crippen LogP contribution in [0.15, 0.2) is 30.3 Å². The van der Waals surface area contributed by atoms with Crippen LogP contribution in [0.2, 0.25) is 0 Å². The lowest BCUT2D eigenvalue weighted by molar-refractivity contribution is 0.0370. The first kappa shape index (κ1) is 16.6. The fraction of sp³-hybridized carbons (Fsp3) is 0.353. The Balaban J connectivity index is 2.26. The van der Waals surface area contributed by atoms with Gasteiger partial charge in [0, 0.05) is 18.5 Å². The van der Waals surface area contributed by atoms with Crippen molar-refractivity contribution in [2.45, 2.75) is 26.4 Å². The van der Waals surface area contributed by atoms with Crippen molar-refractivity contribution in [3.05, 3.63) is 45.9 Å². The minimum atomic E-state index is -0.934. The molecule has 118 valence electrons. The van der Waals surface area contributed by atoms with Gasteiger partial charge >= 0.3 is 0 Å². The number of carbonyl (C=O) groups is 1. The van der Waals surface area contributed by atoms with Crippen LogP contribution in [-0.4, -0.2) is 35.1 Å². The highest BCUT2D eigenvalue weighted by Gasteiger charge is 2.22. The third-order valence-electron chi connectivity index (χ3n) is 3.25. The molecule has 1 amide bonds. The Bertz CT molecular complexity index is 671. The molecule has 0 atom stereocenters. The number of hydrogen-bond donors (Lipinski definition) is 1. The summed E-state index contributed by atoms with van der Waals surface area (Å²) in [5.41, 5.74) is 0.889. The number of benzene rings is 1. The number of likely N-dealkylation sites (N-methyl/N-ethyl adjacent to an activating group) is 1. The molecule has 1 aromatic heterocycles. The summed E-state index contributed by atoms with van der Waals surface area (Å²) in [6.07, 6.45) is 0. The standard InChI is InChI=1S/C17H20FNO2S/c1-11-14(12-5-7-13(18)8-6-12)9-15(22-11)16(20)19(4)10-17(2,3)21/h5-9,21H,10H2,1-4H3. The lowest BCUT2D eigenvalue weighted by Gasteiger charge is -2.25. The number of aliphatic hydroxyl groups is 1. The molecule has 5 heteroatoms. The fourth-order valence-corrected chi connectivity index (χ4v) is 3.38. The summed E-state index contributed by atoms with van der Waals surface area (Å²) in [5, 5.41) is 9.82. The third kappa shape index (κ3) is 3.93. The van der Waals surface area contributed by atoms with E-state index in [1.54, 1.807) is 33.0 Å². The Labute approximate surface area is 134 Å². The quantitative estimate of drug-likeness (QED) is 0.932. The summed E-state index contributed by atoms with van der Waals surface area (Å²) in [5.74, 6) is -0.401. The van der Waals surface area contributed by atoms with Gasteiger partial charge in [0.1, 0.15) is 5.82 Å². The Kier molecular flexibility index (Phi) is 4.68. The first-order valence-corrected chi connectivity index (χ1v) is 7.83. The molecule has 1 N–H and O–H groups in total. The third-order valence-corrected chi connectivity index (χ3v) is 4.29. The predicted octanol–water partition coefficient (Wildman–Crippen LogP) is 3.71. The van der Waals surface area contributed by atoms with E-state index in [1.807, 2.05) is 13.0 Å². The van der Waals surface area contributed by atoms with E-state index >= 15 is 0 Å². The van der Waals surface area contributed by atoms with Gasteiger partial charge in [-0.05, 0) is 50.1 Å². The van der Waals surface area contributed by atoms with Crippen molar-refractivity contribution < 1.29 is 14.3 Å². The van der Waals surface area contributed by atoms with E-state index in [1.165, 1.54) is 28.4 Å². The molecule has 0 radical (unpaired) electrons. The number of halogens is 1. The normalized spacial score (nSPS) is 11.5. The summed E-state index contributed by atoms with van der Waals surface area (Å²) in [7, 11) is 1.67. The van der Waals surface area contributed by atoms with Gasteiger partial charge in [0.25, 0.3) is 5.91 Å². The molecule has 2 rings (SSSR count). The van der Waals surface area contributed by atoms with Gasteiger partial charge < -0.3 is 10.0 Å². The summed E-state index contributed by atoms with van der Waals surface area (Å²) in [6, 6.07) is 8.07. The molecule has 0 saturated heterocycles. The molecule has 0 aliphatic carbocycles. The van der Waals surface area contributed by atoms with E-state index in [4.69, 9.17) is 0 Å². The smallest absolute Gasteiger partial charge is 0.263 e. The second kappa shape index (κ2) is 6.18. The zero-order valence-electron chi connectivity index (χ0n) is 13.2. The lowest BCUT2D eigenvalue weighted by atomic mass is 10.1. The van der Waals surface area contributed by atoms with Crippen molar-refractivity contribution in [2.75, 3.05) is 13.6 Å². The van der Waals surface area contributed by atoms with Gasteiger partial charge in [-0.3, -0.25) is 4.79 Å². The molecular formula is C17H20FNO2S. The average molecular weight is 321 g/mol. The van der Waals surface area contributed by atoms with Crippen LogP contribution >= 0.6 is 11.3 Å². The maximum Gasteiger partial charge on any atom is 0.263 e. The molecule has 0 unspecified atom stereocenters. The van der Waals surface area contributed by atoms with E-state index < -0.39 is 5.60 Å². The van der Waals surface area contributed by atoms with Gasteiger partial charge in [0.15, 0.2) is 0 Å². The molecule has 0 aliphatic heterocycles. The molecule has 1 heterocycles. The topological polar surface area (TPSA) is 40.5 Å². The number of rotatable bonds is 4. The van der Waals surface area contributed by atoms with Crippen molar-refractivity contribution in [3.63, 3.8) is 0 Å². The van der Waals surface area contributed by atoms with Crippen molar-refractivity contribution in [2.24, 2.45) is 0 Å². The largest absolute Gasteiger partial charge is 0.389 e. The Morgan fingerprint density at radius 2 is 1.91 bits per heavy atom. The second-order valence-electron chi connectivity index (χ2n) is 6.06. The van der Waals surface area contributed by atoms with Crippen LogP contribution in [0.25, 0.3) is 11.1 Å². The molecule has 3 nitrogen and oxygen atoms in total. The number of nitrogens with zero attached hydrogens (tertiary/aromatic N) is 1. The number of carbonyl (C=O) groups excluding carboxylic acids is 1. The Morgan fingerprint density at radius 3 is 2.45 bits per heavy atom. The Morgan fingerprint density at radius 1 is 1.32 bits per heavy atom. The van der Waals surface area contributed by atoms with Crippen LogP contribution in [0.1, 0.15) is 28.4 Å². The van der Waals surface area contributed by atoms with E-state index in [-0.39, 0.29) is 18.3 Å². The van der Waals surface area contributed by atoms with Crippen molar-refractivity contribution >= 4 is 17.2 Å². The number of amides is 1. The maximum atomic E-state index is 13.0. The summed E-state index contributed by atoms with van der Waals surface area (Å²) >= 11 is 1.41. The Hall–Kier alpha value is -1.72. The van der Waals surface area contributed by atoms with E-state index in [9.17, 15) is 14.3 Å². The monoisotopic (exact) mass is 321 g/mol. The maximum absolute atomic E-state index is 13.0. The predicted molar refractivity (Wildman–Crippen MR) is 87.7 cm³/mol. The molecule has 0 fully saturated rings. The molecule has 0 bridgehead atoms. The zero-order valence-corrected chi connectivity index (χ0v) is 14.0. The van der Waals surface area contributed by atoms with Crippen LogP contribution < -0.4 is 0 Å². The molecule has 1 aromatic carbocycles. The van der Waals surface area contributed by atoms with Gasteiger partial charge in [0.2, 0.25) is 0 Å². The highest BCUT2D eigenvalue weighted by molar-refractivity contribution is 7.14. The summed E-state index contributed by atoms with van der Waals surface area (Å²) in [6.45, 7) is 5.53. The number of hydrogen-bond acceptors (Lipinski definition) is 3. The molecule has 0 saturated carbocycles. The number of aryl methyl sites for hydroxylation is 1. The minimum Gasteiger partial charge on any atom is -0.389 e. The molecule has 22 heavy (non-hydrogen) atoms. The van der Waals surface area contributed by atoms with Crippen LogP contribution in [-0.2, 0) is 0 Å². The van der Waals surface area contributed by atoms with Gasteiger partial charge in [-0.15, -0.1) is 11.3 Å². The average Bonchev–Trinajstić information content (AvgIpc) is 2.79. The van der Waals surface area contributed by atoms with Gasteiger partial charge in [-0.1, -0.05) is 12.1 Å². The molecule has 2 aromatic rings. The van der Waals surface area contributed by atoms with E-state index in [0.717, 1.165) is 16.0 Å². The van der Waals surface area contributed by atoms with E-state index in [0.29, 0.717) is 4.88 Å². The highest BCUT2D eigenvalue weighted by Crippen LogP contribution is 2.31. The van der Waals surface area contributed by atoms with Crippen LogP contribution in [0.5, 0.6) is 0 Å². The number of thiophene rings is 1. The van der Waals surface area contributed by atoms with Crippen LogP contribution in [0.4, 0.5) is 4.39 Å². The molecule has 0 aliphatic rings. The lowest BCUT2D eigenvalue weighted by Crippen LogP contribution is -2.39. The molecular weight excluding hydrogens is 301 g/mol. The molecule has 0 spiro atoms. The fourth-order valence-electron chi connectivity index (χ4n) is 2.34. The highest BCUT2D eigenvalue weighted by atomic mass is 32.1. The summed E-state index contributed by atoms with van der Waals surface area (Å²) < 4.78 is 13.0. The minimum absolute atomic E-state index is 0.122. The SMILES string of the molecule is Cc1sc(C(=O)N(C)CC(C)(C)O)cc1-c1ccc(F)cc1. The van der Waals surface area contributed by atoms with Crippen LogP contribution in [0, 0.1) is 12.7 Å². The summed E-state index contributed by atoms with van der Waals surface area (Å²) in [4.78, 5) is 15.6. The van der Waals surface area contributed by atoms with Gasteiger partial charge in [-0.2, -0.15) is 0 Å². The van der Waals surface area contributed by atoms with E-state index in [2.05, 4.69) is 0 Å². The second-order valence-corrected chi connectivity index (χ2v) is 7.32. The first-order valence-electron chi connectivity index (χ1n) is 7.01. The first-order chi connectivity index (χ1) is 10.2. The zero-order chi connectivity index (χ0) is 16.5. The van der Waals surface area contributed by atoms with Crippen molar-refractivity contribution in [1.29, 1.82) is 0 Å². The van der Waals surface area contributed by atoms with Crippen molar-refractivity contribution in [1.82, 2.24) is 4.90 Å².